The van der Waals surface area contributed by atoms with Crippen LogP contribution in [0.25, 0.3) is 0 Å². The predicted octanol–water partition coefficient (Wildman–Crippen LogP) is 5.07. The van der Waals surface area contributed by atoms with Gasteiger partial charge in [-0.2, -0.15) is 0 Å². The van der Waals surface area contributed by atoms with E-state index in [9.17, 15) is 0 Å². The van der Waals surface area contributed by atoms with Crippen LogP contribution in [0.15, 0.2) is 30.3 Å². The summed E-state index contributed by atoms with van der Waals surface area (Å²) in [6.07, 6.45) is 6.09. The van der Waals surface area contributed by atoms with Crippen molar-refractivity contribution in [2.24, 2.45) is 23.7 Å². The molecule has 25 heavy (non-hydrogen) atoms. The molecule has 2 saturated carbocycles. The van der Waals surface area contributed by atoms with Crippen LogP contribution in [0, 0.1) is 23.7 Å². The Balaban J connectivity index is 1.59. The standard InChI is InChI=1S/C22H30O3/c1-14-9-10-18-15(2)20(16-7-5-4-6-8-16)23-19-13-21(3)12-11-17(14)22(18,19)25-24-21/h4-8,14-15,17-20H,9-13H2,1-3H3/t14-,15?,17?,18?,19?,20?,21+,22-/m1/s1. The highest BCUT2D eigenvalue weighted by Crippen LogP contribution is 2.63. The average molecular weight is 342 g/mol. The molecule has 5 fully saturated rings. The molecule has 1 aromatic rings. The van der Waals surface area contributed by atoms with Crippen molar-refractivity contribution in [3.63, 3.8) is 0 Å². The van der Waals surface area contributed by atoms with Crippen LogP contribution in [0.1, 0.15) is 64.5 Å². The first-order valence-corrected chi connectivity index (χ1v) is 10.1. The molecule has 0 N–H and O–H groups in total. The molecular formula is C22H30O3. The number of hydrogen-bond acceptors (Lipinski definition) is 3. The maximum Gasteiger partial charge on any atom is 0.136 e. The van der Waals surface area contributed by atoms with Gasteiger partial charge in [-0.15, -0.1) is 0 Å². The van der Waals surface area contributed by atoms with Gasteiger partial charge in [-0.05, 0) is 61.8 Å². The Bertz CT molecular complexity index is 646. The molecule has 1 aromatic carbocycles. The zero-order valence-electron chi connectivity index (χ0n) is 15.6. The lowest BCUT2D eigenvalue weighted by molar-refractivity contribution is -0.488. The Morgan fingerprint density at radius 3 is 2.56 bits per heavy atom. The third-order valence-corrected chi connectivity index (χ3v) is 7.82. The maximum absolute atomic E-state index is 6.84. The van der Waals surface area contributed by atoms with Gasteiger partial charge < -0.3 is 4.74 Å². The van der Waals surface area contributed by atoms with Gasteiger partial charge in [0.05, 0.1) is 12.2 Å². The second kappa shape index (κ2) is 5.55. The molecule has 136 valence electrons. The molecule has 3 heteroatoms. The lowest BCUT2D eigenvalue weighted by Gasteiger charge is -2.61. The molecule has 5 aliphatic rings. The molecule has 2 aliphatic carbocycles. The topological polar surface area (TPSA) is 27.7 Å². The lowest BCUT2D eigenvalue weighted by Crippen LogP contribution is -2.68. The third-order valence-electron chi connectivity index (χ3n) is 7.82. The lowest BCUT2D eigenvalue weighted by atomic mass is 9.55. The van der Waals surface area contributed by atoms with Gasteiger partial charge in [0.15, 0.2) is 0 Å². The van der Waals surface area contributed by atoms with E-state index in [0.717, 1.165) is 12.8 Å². The Morgan fingerprint density at radius 2 is 1.76 bits per heavy atom. The van der Waals surface area contributed by atoms with Gasteiger partial charge in [-0.25, -0.2) is 9.78 Å². The quantitative estimate of drug-likeness (QED) is 0.667. The van der Waals surface area contributed by atoms with Gasteiger partial charge in [-0.3, -0.25) is 0 Å². The second-order valence-corrected chi connectivity index (χ2v) is 9.30. The summed E-state index contributed by atoms with van der Waals surface area (Å²) in [7, 11) is 0. The highest BCUT2D eigenvalue weighted by molar-refractivity contribution is 5.22. The van der Waals surface area contributed by atoms with Gasteiger partial charge in [0.25, 0.3) is 0 Å². The van der Waals surface area contributed by atoms with Crippen LogP contribution in [-0.2, 0) is 14.5 Å². The molecule has 1 spiro atoms. The van der Waals surface area contributed by atoms with Crippen molar-refractivity contribution in [2.75, 3.05) is 0 Å². The Kier molecular flexibility index (Phi) is 3.61. The minimum atomic E-state index is -0.238. The highest BCUT2D eigenvalue weighted by atomic mass is 17.2. The first kappa shape index (κ1) is 16.3. The third kappa shape index (κ3) is 2.22. The molecule has 6 rings (SSSR count). The van der Waals surface area contributed by atoms with Crippen molar-refractivity contribution in [2.45, 2.75) is 76.3 Å². The molecule has 3 nitrogen and oxygen atoms in total. The number of hydrogen-bond donors (Lipinski definition) is 0. The monoisotopic (exact) mass is 342 g/mol. The molecule has 3 aliphatic heterocycles. The number of ether oxygens (including phenoxy) is 1. The molecule has 0 radical (unpaired) electrons. The molecule has 3 heterocycles. The molecule has 8 atom stereocenters. The molecule has 0 amide bonds. The van der Waals surface area contributed by atoms with E-state index >= 15 is 0 Å². The van der Waals surface area contributed by atoms with E-state index in [-0.39, 0.29) is 23.4 Å². The zero-order chi connectivity index (χ0) is 17.2. The normalized spacial score (nSPS) is 51.6. The van der Waals surface area contributed by atoms with E-state index in [2.05, 4.69) is 51.1 Å². The fourth-order valence-corrected chi connectivity index (χ4v) is 6.48. The molecule has 3 saturated heterocycles. The summed E-state index contributed by atoms with van der Waals surface area (Å²) in [6, 6.07) is 10.8. The van der Waals surface area contributed by atoms with Crippen molar-refractivity contribution in [1.29, 1.82) is 0 Å². The van der Waals surface area contributed by atoms with Crippen LogP contribution < -0.4 is 0 Å². The second-order valence-electron chi connectivity index (χ2n) is 9.30. The fraction of sp³-hybridized carbons (Fsp3) is 0.727. The van der Waals surface area contributed by atoms with Gasteiger partial charge in [0, 0.05) is 6.42 Å². The van der Waals surface area contributed by atoms with E-state index in [1.54, 1.807) is 0 Å². The Hall–Kier alpha value is -0.900. The predicted molar refractivity (Wildman–Crippen MR) is 95.8 cm³/mol. The first-order chi connectivity index (χ1) is 12.0. The van der Waals surface area contributed by atoms with Crippen molar-refractivity contribution in [3.8, 4) is 0 Å². The Morgan fingerprint density at radius 1 is 0.960 bits per heavy atom. The van der Waals surface area contributed by atoms with Crippen LogP contribution in [0.5, 0.6) is 0 Å². The van der Waals surface area contributed by atoms with E-state index in [4.69, 9.17) is 14.5 Å². The minimum Gasteiger partial charge on any atom is -0.367 e. The van der Waals surface area contributed by atoms with Crippen LogP contribution in [0.2, 0.25) is 0 Å². The van der Waals surface area contributed by atoms with Crippen molar-refractivity contribution >= 4 is 0 Å². The van der Waals surface area contributed by atoms with Gasteiger partial charge in [0.2, 0.25) is 0 Å². The number of rotatable bonds is 1. The minimum absolute atomic E-state index is 0.146. The average Bonchev–Trinajstić information content (AvgIpc) is 2.85. The van der Waals surface area contributed by atoms with Crippen LogP contribution >= 0.6 is 0 Å². The van der Waals surface area contributed by atoms with Crippen molar-refractivity contribution < 1.29 is 14.5 Å². The summed E-state index contributed by atoms with van der Waals surface area (Å²) < 4.78 is 6.84. The smallest absolute Gasteiger partial charge is 0.136 e. The van der Waals surface area contributed by atoms with Gasteiger partial charge in [-0.1, -0.05) is 44.2 Å². The fourth-order valence-electron chi connectivity index (χ4n) is 6.48. The van der Waals surface area contributed by atoms with Crippen LogP contribution in [-0.4, -0.2) is 17.3 Å². The largest absolute Gasteiger partial charge is 0.367 e. The van der Waals surface area contributed by atoms with E-state index in [0.29, 0.717) is 23.7 Å². The van der Waals surface area contributed by atoms with E-state index in [1.807, 2.05) is 0 Å². The Labute approximate surface area is 151 Å². The maximum atomic E-state index is 6.84. The summed E-state index contributed by atoms with van der Waals surface area (Å²) in [4.78, 5) is 12.4. The van der Waals surface area contributed by atoms with Crippen LogP contribution in [0.3, 0.4) is 0 Å². The highest BCUT2D eigenvalue weighted by Gasteiger charge is 2.68. The van der Waals surface area contributed by atoms with Gasteiger partial charge in [0.1, 0.15) is 11.2 Å². The summed E-state index contributed by atoms with van der Waals surface area (Å²) in [5, 5.41) is 0. The van der Waals surface area contributed by atoms with Crippen LogP contribution in [0.4, 0.5) is 0 Å². The summed E-state index contributed by atoms with van der Waals surface area (Å²) in [5.41, 5.74) is 0.878. The number of fused-ring (bicyclic) bond motifs is 2. The SMILES string of the molecule is CC1C(c2ccccc2)OC2C[C@]3(C)CCC4[C@H](C)CCC1[C@@]24OO3. The molecular weight excluding hydrogens is 312 g/mol. The van der Waals surface area contributed by atoms with E-state index < -0.39 is 0 Å². The van der Waals surface area contributed by atoms with Crippen molar-refractivity contribution in [3.05, 3.63) is 35.9 Å². The first-order valence-electron chi connectivity index (χ1n) is 10.1. The van der Waals surface area contributed by atoms with E-state index in [1.165, 1.54) is 24.8 Å². The van der Waals surface area contributed by atoms with Crippen molar-refractivity contribution in [1.82, 2.24) is 0 Å². The number of benzene rings is 1. The summed E-state index contributed by atoms with van der Waals surface area (Å²) in [5.74, 6) is 2.20. The van der Waals surface area contributed by atoms with Gasteiger partial charge >= 0.3 is 0 Å². The molecule has 5 unspecified atom stereocenters. The summed E-state index contributed by atoms with van der Waals surface area (Å²) in [6.45, 7) is 6.98. The molecule has 0 aromatic heterocycles. The summed E-state index contributed by atoms with van der Waals surface area (Å²) >= 11 is 0. The zero-order valence-corrected chi connectivity index (χ0v) is 15.6. The molecule has 2 bridgehead atoms.